The topological polar surface area (TPSA) is 46.0 Å². The fraction of sp³-hybridized carbons (Fsp3) is 0.385. The Morgan fingerprint density at radius 1 is 1.11 bits per heavy atom. The lowest BCUT2D eigenvalue weighted by atomic mass is 10.2. The maximum atomic E-state index is 4.65. The highest BCUT2D eigenvalue weighted by molar-refractivity contribution is 5.56. The van der Waals surface area contributed by atoms with Gasteiger partial charge in [-0.25, -0.2) is 4.68 Å². The number of hydrogen-bond donors (Lipinski definition) is 1. The maximum absolute atomic E-state index is 4.65. The molecule has 3 rings (SSSR count). The Morgan fingerprint density at radius 3 is 2.56 bits per heavy atom. The van der Waals surface area contributed by atoms with Crippen molar-refractivity contribution in [2.45, 2.75) is 0 Å². The van der Waals surface area contributed by atoms with Crippen molar-refractivity contribution in [3.63, 3.8) is 0 Å². The van der Waals surface area contributed by atoms with E-state index in [-0.39, 0.29) is 0 Å². The largest absolute Gasteiger partial charge is 0.337 e. The monoisotopic (exact) mass is 243 g/mol. The summed E-state index contributed by atoms with van der Waals surface area (Å²) in [6, 6.07) is 10.2. The summed E-state index contributed by atoms with van der Waals surface area (Å²) < 4.78 is 1.85. The van der Waals surface area contributed by atoms with Crippen LogP contribution in [-0.4, -0.2) is 40.9 Å². The number of nitrogens with zero attached hydrogens (tertiary/aromatic N) is 4. The Labute approximate surface area is 106 Å². The molecule has 1 saturated heterocycles. The Bertz CT molecular complexity index is 513. The summed E-state index contributed by atoms with van der Waals surface area (Å²) >= 11 is 0. The molecule has 1 fully saturated rings. The number of anilines is 1. The fourth-order valence-corrected chi connectivity index (χ4v) is 2.21. The first-order valence-electron chi connectivity index (χ1n) is 6.27. The van der Waals surface area contributed by atoms with Crippen molar-refractivity contribution in [1.82, 2.24) is 20.1 Å². The molecule has 0 unspecified atom stereocenters. The first-order chi connectivity index (χ1) is 8.84. The van der Waals surface area contributed by atoms with Gasteiger partial charge >= 0.3 is 0 Å². The van der Waals surface area contributed by atoms with Gasteiger partial charge in [-0.15, -0.1) is 5.10 Å². The van der Waals surface area contributed by atoms with Crippen molar-refractivity contribution in [1.29, 1.82) is 0 Å². The molecule has 0 radical (unpaired) electrons. The van der Waals surface area contributed by atoms with E-state index in [2.05, 4.69) is 32.4 Å². The van der Waals surface area contributed by atoms with Crippen LogP contribution in [0.25, 0.3) is 11.4 Å². The van der Waals surface area contributed by atoms with Gasteiger partial charge in [0.15, 0.2) is 5.82 Å². The predicted octanol–water partition coefficient (Wildman–Crippen LogP) is 0.892. The van der Waals surface area contributed by atoms with Crippen molar-refractivity contribution < 1.29 is 0 Å². The maximum Gasteiger partial charge on any atom is 0.245 e. The number of aryl methyl sites for hydroxylation is 1. The van der Waals surface area contributed by atoms with Crippen molar-refractivity contribution in [2.24, 2.45) is 7.05 Å². The molecule has 1 aromatic heterocycles. The molecule has 5 heteroatoms. The van der Waals surface area contributed by atoms with Gasteiger partial charge in [-0.1, -0.05) is 30.3 Å². The molecule has 0 atom stereocenters. The molecule has 0 saturated carbocycles. The second-order valence-electron chi connectivity index (χ2n) is 4.46. The summed E-state index contributed by atoms with van der Waals surface area (Å²) in [7, 11) is 1.95. The zero-order valence-corrected chi connectivity index (χ0v) is 10.5. The Hall–Kier alpha value is -1.88. The number of aromatic nitrogens is 3. The van der Waals surface area contributed by atoms with Gasteiger partial charge in [0.05, 0.1) is 0 Å². The number of piperazine rings is 1. The molecule has 0 amide bonds. The number of hydrogen-bond acceptors (Lipinski definition) is 4. The third kappa shape index (κ3) is 2.09. The van der Waals surface area contributed by atoms with Gasteiger partial charge in [-0.2, -0.15) is 4.98 Å². The van der Waals surface area contributed by atoms with Crippen LogP contribution < -0.4 is 10.2 Å². The lowest BCUT2D eigenvalue weighted by Crippen LogP contribution is -2.44. The Morgan fingerprint density at radius 2 is 1.83 bits per heavy atom. The first kappa shape index (κ1) is 11.2. The van der Waals surface area contributed by atoms with E-state index in [4.69, 9.17) is 0 Å². The second kappa shape index (κ2) is 4.78. The van der Waals surface area contributed by atoms with Crippen LogP contribution >= 0.6 is 0 Å². The Kier molecular flexibility index (Phi) is 2.98. The molecule has 2 aromatic rings. The van der Waals surface area contributed by atoms with E-state index in [1.165, 1.54) is 0 Å². The van der Waals surface area contributed by atoms with E-state index in [1.54, 1.807) is 0 Å². The molecular formula is C13H17N5. The minimum Gasteiger partial charge on any atom is -0.337 e. The number of rotatable bonds is 2. The van der Waals surface area contributed by atoms with Crippen molar-refractivity contribution in [3.05, 3.63) is 30.3 Å². The molecule has 5 nitrogen and oxygen atoms in total. The second-order valence-corrected chi connectivity index (χ2v) is 4.46. The van der Waals surface area contributed by atoms with Crippen LogP contribution in [0.1, 0.15) is 0 Å². The van der Waals surface area contributed by atoms with E-state index < -0.39 is 0 Å². The van der Waals surface area contributed by atoms with Gasteiger partial charge < -0.3 is 10.2 Å². The molecule has 1 aliphatic rings. The van der Waals surface area contributed by atoms with Gasteiger partial charge in [-0.3, -0.25) is 0 Å². The van der Waals surface area contributed by atoms with Gasteiger partial charge in [0, 0.05) is 38.8 Å². The zero-order valence-electron chi connectivity index (χ0n) is 10.5. The van der Waals surface area contributed by atoms with Crippen LogP contribution in [0.15, 0.2) is 30.3 Å². The van der Waals surface area contributed by atoms with Crippen molar-refractivity contribution >= 4 is 5.95 Å². The molecular weight excluding hydrogens is 226 g/mol. The van der Waals surface area contributed by atoms with Crippen LogP contribution in [-0.2, 0) is 7.05 Å². The predicted molar refractivity (Wildman–Crippen MR) is 71.5 cm³/mol. The molecule has 0 aliphatic carbocycles. The quantitative estimate of drug-likeness (QED) is 0.851. The van der Waals surface area contributed by atoms with E-state index in [9.17, 15) is 0 Å². The molecule has 1 aromatic carbocycles. The molecule has 1 N–H and O–H groups in total. The van der Waals surface area contributed by atoms with Crippen LogP contribution in [0.3, 0.4) is 0 Å². The zero-order chi connectivity index (χ0) is 12.4. The van der Waals surface area contributed by atoms with Crippen LogP contribution in [0.4, 0.5) is 5.95 Å². The highest BCUT2D eigenvalue weighted by Crippen LogP contribution is 2.19. The minimum atomic E-state index is 0.831. The molecule has 0 spiro atoms. The SMILES string of the molecule is Cn1nc(N2CCNCC2)nc1-c1ccccc1. The van der Waals surface area contributed by atoms with Crippen LogP contribution in [0.5, 0.6) is 0 Å². The van der Waals surface area contributed by atoms with Crippen molar-refractivity contribution in [3.8, 4) is 11.4 Å². The molecule has 94 valence electrons. The summed E-state index contributed by atoms with van der Waals surface area (Å²) in [5.41, 5.74) is 1.11. The summed E-state index contributed by atoms with van der Waals surface area (Å²) in [4.78, 5) is 6.88. The summed E-state index contributed by atoms with van der Waals surface area (Å²) in [6.45, 7) is 3.94. The van der Waals surface area contributed by atoms with Gasteiger partial charge in [0.2, 0.25) is 5.95 Å². The number of nitrogens with one attached hydrogen (secondary N) is 1. The van der Waals surface area contributed by atoms with E-state index in [0.717, 1.165) is 43.5 Å². The first-order valence-corrected chi connectivity index (χ1v) is 6.27. The summed E-state index contributed by atoms with van der Waals surface area (Å²) in [5, 5.41) is 7.85. The molecule has 0 bridgehead atoms. The van der Waals surface area contributed by atoms with Gasteiger partial charge in [-0.05, 0) is 0 Å². The van der Waals surface area contributed by atoms with E-state index >= 15 is 0 Å². The fourth-order valence-electron chi connectivity index (χ4n) is 2.21. The molecule has 2 heterocycles. The van der Waals surface area contributed by atoms with Gasteiger partial charge in [0.1, 0.15) is 0 Å². The minimum absolute atomic E-state index is 0.831. The third-order valence-corrected chi connectivity index (χ3v) is 3.18. The van der Waals surface area contributed by atoms with Crippen LogP contribution in [0, 0.1) is 0 Å². The molecule has 18 heavy (non-hydrogen) atoms. The Balaban J connectivity index is 1.91. The average Bonchev–Trinajstić information content (AvgIpc) is 2.83. The smallest absolute Gasteiger partial charge is 0.245 e. The van der Waals surface area contributed by atoms with E-state index in [0.29, 0.717) is 0 Å². The number of benzene rings is 1. The standard InChI is InChI=1S/C13H17N5/c1-17-12(11-5-3-2-4-6-11)15-13(16-17)18-9-7-14-8-10-18/h2-6,14H,7-10H2,1H3. The summed E-state index contributed by atoms with van der Waals surface area (Å²) in [5.74, 6) is 1.75. The highest BCUT2D eigenvalue weighted by Gasteiger charge is 2.17. The summed E-state index contributed by atoms with van der Waals surface area (Å²) in [6.07, 6.45) is 0. The lowest BCUT2D eigenvalue weighted by Gasteiger charge is -2.25. The molecule has 1 aliphatic heterocycles. The van der Waals surface area contributed by atoms with Gasteiger partial charge in [0.25, 0.3) is 0 Å². The lowest BCUT2D eigenvalue weighted by molar-refractivity contribution is 0.578. The normalized spacial score (nSPS) is 15.9. The third-order valence-electron chi connectivity index (χ3n) is 3.18. The average molecular weight is 243 g/mol. The highest BCUT2D eigenvalue weighted by atomic mass is 15.4. The van der Waals surface area contributed by atoms with E-state index in [1.807, 2.05) is 29.9 Å². The van der Waals surface area contributed by atoms with Crippen molar-refractivity contribution in [2.75, 3.05) is 31.1 Å². The van der Waals surface area contributed by atoms with Crippen LogP contribution in [0.2, 0.25) is 0 Å².